The minimum atomic E-state index is -1.23. The molecule has 0 bridgehead atoms. The van der Waals surface area contributed by atoms with Crippen LogP contribution in [-0.2, 0) is 19.2 Å². The summed E-state index contributed by atoms with van der Waals surface area (Å²) in [6.45, 7) is 11.4. The first-order chi connectivity index (χ1) is 15.9. The van der Waals surface area contributed by atoms with Crippen LogP contribution in [0.1, 0.15) is 71.0 Å². The van der Waals surface area contributed by atoms with Crippen LogP contribution in [-0.4, -0.2) is 63.1 Å². The molecule has 1 aromatic rings. The number of rotatable bonds is 2. The van der Waals surface area contributed by atoms with E-state index in [2.05, 4.69) is 4.98 Å². The zero-order valence-electron chi connectivity index (χ0n) is 21.0. The quantitative estimate of drug-likeness (QED) is 0.475. The number of Topliss-reactive ketones (excluding diaryl/α,β-unsaturated/α-hetero) is 1. The van der Waals surface area contributed by atoms with Crippen molar-refractivity contribution >= 4 is 29.2 Å². The van der Waals surface area contributed by atoms with Gasteiger partial charge in [0, 0.05) is 24.3 Å². The van der Waals surface area contributed by atoms with E-state index in [0.717, 1.165) is 29.1 Å². The number of aryl methyl sites for hydroxylation is 1. The molecule has 2 aliphatic rings. The summed E-state index contributed by atoms with van der Waals surface area (Å²) in [6.07, 6.45) is 0.851. The van der Waals surface area contributed by atoms with Gasteiger partial charge >= 0.3 is 5.97 Å². The Morgan fingerprint density at radius 3 is 2.65 bits per heavy atom. The fraction of sp³-hybridized carbons (Fsp3) is 0.720. The summed E-state index contributed by atoms with van der Waals surface area (Å²) in [5, 5.41) is 26.3. The standard InChI is InChI=1S/C25H38N2O6S/c1-14-8-7-9-27-21(33-27)11-19(15(2)10-18-13-34-17(4)26-18)32-22(29)12-20(28)25(5,6)24(31)16(3)23(14)30/h10,13-14,16,19-21,23,28,30H,7-9,11-12H2,1-6H3/b15-10+/t14-,16+,19-,20-,21-,23-,27?/m0/s1. The SMILES string of the molecule is C/C(=C\c1csc(C)n1)[C@@H]1C[C@@H]2ON2CCC[C@H](C)[C@H](O)[C@@H](C)C(=O)C(C)(C)[C@@H](O)CC(=O)O1. The van der Waals surface area contributed by atoms with Crippen LogP contribution < -0.4 is 0 Å². The molecule has 2 fully saturated rings. The zero-order valence-corrected chi connectivity index (χ0v) is 21.8. The van der Waals surface area contributed by atoms with Gasteiger partial charge in [0.05, 0.1) is 34.7 Å². The van der Waals surface area contributed by atoms with Gasteiger partial charge in [-0.05, 0) is 44.3 Å². The van der Waals surface area contributed by atoms with Crippen molar-refractivity contribution in [3.63, 3.8) is 0 Å². The molecule has 0 amide bonds. The highest BCUT2D eigenvalue weighted by atomic mass is 32.1. The van der Waals surface area contributed by atoms with Gasteiger partial charge in [0.25, 0.3) is 0 Å². The molecule has 0 radical (unpaired) electrons. The van der Waals surface area contributed by atoms with Crippen LogP contribution in [0.25, 0.3) is 6.08 Å². The number of aliphatic hydroxyl groups excluding tert-OH is 2. The van der Waals surface area contributed by atoms with Crippen LogP contribution in [0.3, 0.4) is 0 Å². The average molecular weight is 495 g/mol. The summed E-state index contributed by atoms with van der Waals surface area (Å²) in [4.78, 5) is 36.1. The zero-order chi connectivity index (χ0) is 25.2. The second kappa shape index (κ2) is 11.0. The van der Waals surface area contributed by atoms with Gasteiger partial charge in [-0.3, -0.25) is 14.4 Å². The first kappa shape index (κ1) is 26.9. The lowest BCUT2D eigenvalue weighted by atomic mass is 9.73. The number of ketones is 1. The monoisotopic (exact) mass is 494 g/mol. The van der Waals surface area contributed by atoms with Crippen molar-refractivity contribution in [2.45, 2.75) is 91.8 Å². The van der Waals surface area contributed by atoms with E-state index in [9.17, 15) is 19.8 Å². The molecule has 2 saturated heterocycles. The maximum absolute atomic E-state index is 13.2. The van der Waals surface area contributed by atoms with Gasteiger partial charge in [-0.25, -0.2) is 4.98 Å². The number of hydroxylamine groups is 2. The number of hydrogen-bond donors (Lipinski definition) is 2. The molecule has 0 aliphatic carbocycles. The van der Waals surface area contributed by atoms with Crippen LogP contribution in [0.4, 0.5) is 0 Å². The number of fused-ring (bicyclic) bond motifs is 1. The summed E-state index contributed by atoms with van der Waals surface area (Å²) in [5.41, 5.74) is 0.445. The Hall–Kier alpha value is -1.65. The van der Waals surface area contributed by atoms with Crippen molar-refractivity contribution in [3.05, 3.63) is 21.7 Å². The van der Waals surface area contributed by atoms with Gasteiger partial charge in [0.2, 0.25) is 0 Å². The average Bonchev–Trinajstić information content (AvgIpc) is 3.38. The summed E-state index contributed by atoms with van der Waals surface area (Å²) in [7, 11) is 0. The summed E-state index contributed by atoms with van der Waals surface area (Å²) in [5.74, 6) is -1.59. The van der Waals surface area contributed by atoms with Crippen molar-refractivity contribution in [1.29, 1.82) is 0 Å². The van der Waals surface area contributed by atoms with E-state index in [1.54, 1.807) is 32.1 Å². The molecule has 190 valence electrons. The van der Waals surface area contributed by atoms with Crippen LogP contribution in [0, 0.1) is 24.2 Å². The predicted molar refractivity (Wildman–Crippen MR) is 130 cm³/mol. The lowest BCUT2D eigenvalue weighted by Gasteiger charge is -2.34. The van der Waals surface area contributed by atoms with Crippen molar-refractivity contribution in [2.75, 3.05) is 6.54 Å². The Bertz CT molecular complexity index is 913. The molecular weight excluding hydrogens is 456 g/mol. The molecule has 9 heteroatoms. The highest BCUT2D eigenvalue weighted by molar-refractivity contribution is 7.09. The number of hydrogen-bond acceptors (Lipinski definition) is 9. The van der Waals surface area contributed by atoms with Gasteiger partial charge < -0.3 is 14.9 Å². The van der Waals surface area contributed by atoms with Gasteiger partial charge in [-0.1, -0.05) is 27.7 Å². The molecule has 0 spiro atoms. The molecule has 0 saturated carbocycles. The topological polar surface area (TPSA) is 112 Å². The molecule has 0 aromatic carbocycles. The van der Waals surface area contributed by atoms with Crippen molar-refractivity contribution in [1.82, 2.24) is 10.0 Å². The molecule has 7 atom stereocenters. The van der Waals surface area contributed by atoms with E-state index in [1.165, 1.54) is 0 Å². The number of aromatic nitrogens is 1. The highest BCUT2D eigenvalue weighted by Crippen LogP contribution is 2.34. The van der Waals surface area contributed by atoms with Gasteiger partial charge in [-0.2, -0.15) is 5.06 Å². The fourth-order valence-corrected chi connectivity index (χ4v) is 5.10. The van der Waals surface area contributed by atoms with Crippen molar-refractivity contribution in [3.8, 4) is 0 Å². The fourth-order valence-electron chi connectivity index (χ4n) is 4.53. The largest absolute Gasteiger partial charge is 0.458 e. The van der Waals surface area contributed by atoms with Crippen LogP contribution in [0.5, 0.6) is 0 Å². The van der Waals surface area contributed by atoms with Crippen LogP contribution in [0.15, 0.2) is 11.0 Å². The maximum atomic E-state index is 13.2. The Balaban J connectivity index is 1.81. The molecule has 3 rings (SSSR count). The molecule has 2 aliphatic heterocycles. The van der Waals surface area contributed by atoms with Gasteiger partial charge in [0.1, 0.15) is 11.9 Å². The Kier molecular flexibility index (Phi) is 8.68. The Labute approximate surface area is 205 Å². The van der Waals surface area contributed by atoms with Gasteiger partial charge in [0.15, 0.2) is 6.23 Å². The van der Waals surface area contributed by atoms with Crippen LogP contribution >= 0.6 is 11.3 Å². The van der Waals surface area contributed by atoms with Gasteiger partial charge in [-0.15, -0.1) is 11.3 Å². The number of ether oxygens (including phenoxy) is 1. The van der Waals surface area contributed by atoms with E-state index in [-0.39, 0.29) is 24.3 Å². The number of carbonyl (C=O) groups is 2. The lowest BCUT2D eigenvalue weighted by Crippen LogP contribution is -2.45. The van der Waals surface area contributed by atoms with Crippen molar-refractivity contribution in [2.24, 2.45) is 17.3 Å². The highest BCUT2D eigenvalue weighted by Gasteiger charge is 2.44. The summed E-state index contributed by atoms with van der Waals surface area (Å²) >= 11 is 1.55. The second-order valence-electron chi connectivity index (χ2n) is 10.3. The molecule has 1 aromatic heterocycles. The summed E-state index contributed by atoms with van der Waals surface area (Å²) in [6, 6.07) is 0. The third-order valence-electron chi connectivity index (χ3n) is 7.12. The molecule has 2 N–H and O–H groups in total. The van der Waals surface area contributed by atoms with E-state index in [1.807, 2.05) is 37.3 Å². The smallest absolute Gasteiger partial charge is 0.309 e. The second-order valence-corrected chi connectivity index (χ2v) is 11.4. The van der Waals surface area contributed by atoms with E-state index in [0.29, 0.717) is 13.0 Å². The molecule has 8 nitrogen and oxygen atoms in total. The minimum absolute atomic E-state index is 0.0809. The molecular formula is C25H38N2O6S. The molecule has 34 heavy (non-hydrogen) atoms. The Morgan fingerprint density at radius 1 is 1.29 bits per heavy atom. The third-order valence-corrected chi connectivity index (χ3v) is 7.91. The minimum Gasteiger partial charge on any atom is -0.458 e. The first-order valence-electron chi connectivity index (χ1n) is 12.0. The van der Waals surface area contributed by atoms with Crippen LogP contribution in [0.2, 0.25) is 0 Å². The maximum Gasteiger partial charge on any atom is 0.309 e. The lowest BCUT2D eigenvalue weighted by molar-refractivity contribution is -0.154. The number of aliphatic hydroxyl groups is 2. The third kappa shape index (κ3) is 6.51. The number of thiazole rings is 1. The number of cyclic esters (lactones) is 1. The van der Waals surface area contributed by atoms with E-state index < -0.39 is 35.6 Å². The predicted octanol–water partition coefficient (Wildman–Crippen LogP) is 3.50. The normalized spacial score (nSPS) is 36.0. The Morgan fingerprint density at radius 2 is 2.00 bits per heavy atom. The number of carbonyl (C=O) groups excluding carboxylic acids is 2. The van der Waals surface area contributed by atoms with E-state index in [4.69, 9.17) is 9.57 Å². The first-order valence-corrected chi connectivity index (χ1v) is 12.9. The van der Waals surface area contributed by atoms with Crippen molar-refractivity contribution < 1.29 is 29.4 Å². The molecule has 1 unspecified atom stereocenters. The number of nitrogens with zero attached hydrogens (tertiary/aromatic N) is 2. The number of esters is 1. The molecule has 3 heterocycles. The summed E-state index contributed by atoms with van der Waals surface area (Å²) < 4.78 is 5.79. The van der Waals surface area contributed by atoms with E-state index >= 15 is 0 Å².